The molecular weight excluding hydrogens is 492 g/mol. The van der Waals surface area contributed by atoms with Crippen LogP contribution in [-0.2, 0) is 4.79 Å². The van der Waals surface area contributed by atoms with Gasteiger partial charge in [-0.2, -0.15) is 0 Å². The van der Waals surface area contributed by atoms with E-state index in [2.05, 4.69) is 0 Å². The number of allylic oxidation sites excluding steroid dienone is 1. The number of methoxy groups -OCH3 is 3. The highest BCUT2D eigenvalue weighted by molar-refractivity contribution is 6.15. The fourth-order valence-corrected chi connectivity index (χ4v) is 5.05. The molecule has 0 amide bonds. The minimum absolute atomic E-state index is 0.0482. The molecule has 1 atom stereocenters. The van der Waals surface area contributed by atoms with Crippen molar-refractivity contribution < 1.29 is 42.7 Å². The average Bonchev–Trinajstić information content (AvgIpc) is 3.26. The number of fused-ring (bicyclic) bond motifs is 4. The quantitative estimate of drug-likeness (QED) is 0.275. The molecule has 38 heavy (non-hydrogen) atoms. The Morgan fingerprint density at radius 2 is 1.66 bits per heavy atom. The largest absolute Gasteiger partial charge is 0.493 e. The van der Waals surface area contributed by atoms with E-state index in [1.165, 1.54) is 7.11 Å². The first-order chi connectivity index (χ1) is 18.5. The maximum absolute atomic E-state index is 13.4. The lowest BCUT2D eigenvalue weighted by molar-refractivity contribution is -0.135. The number of esters is 1. The zero-order valence-electron chi connectivity index (χ0n) is 21.0. The summed E-state index contributed by atoms with van der Waals surface area (Å²) in [6, 6.07) is 12.3. The van der Waals surface area contributed by atoms with Gasteiger partial charge in [0.1, 0.15) is 24.7 Å². The van der Waals surface area contributed by atoms with Crippen LogP contribution in [0, 0.1) is 0 Å². The molecule has 194 valence electrons. The lowest BCUT2D eigenvalue weighted by Crippen LogP contribution is -2.22. The van der Waals surface area contributed by atoms with Gasteiger partial charge in [-0.1, -0.05) is 12.1 Å². The van der Waals surface area contributed by atoms with E-state index < -0.39 is 11.9 Å². The molecule has 3 aromatic carbocycles. The molecule has 9 heteroatoms. The predicted octanol–water partition coefficient (Wildman–Crippen LogP) is 4.54. The number of carbonyl (C=O) groups is 2. The lowest BCUT2D eigenvalue weighted by atomic mass is 9.84. The fourth-order valence-electron chi connectivity index (χ4n) is 5.05. The zero-order chi connectivity index (χ0) is 26.4. The normalized spacial score (nSPS) is 18.3. The van der Waals surface area contributed by atoms with E-state index in [1.54, 1.807) is 50.6 Å². The maximum atomic E-state index is 13.4. The van der Waals surface area contributed by atoms with Crippen LogP contribution in [0.4, 0.5) is 0 Å². The Balaban J connectivity index is 1.46. The summed E-state index contributed by atoms with van der Waals surface area (Å²) >= 11 is 0. The van der Waals surface area contributed by atoms with Gasteiger partial charge in [-0.3, -0.25) is 9.59 Å². The van der Waals surface area contributed by atoms with E-state index in [0.29, 0.717) is 70.2 Å². The molecular formula is C29H24O9. The van der Waals surface area contributed by atoms with Crippen molar-refractivity contribution in [3.8, 4) is 40.2 Å². The van der Waals surface area contributed by atoms with Crippen molar-refractivity contribution in [1.82, 2.24) is 0 Å². The molecule has 0 saturated carbocycles. The molecule has 0 radical (unpaired) electrons. The SMILES string of the molecule is COc1cccc(/C=C2\Oc3c(ccc4c3[C@@H](c3cc(OC)c5c(c3)OCCO5)CC(=O)O4)C2=O)c1OC. The smallest absolute Gasteiger partial charge is 0.312 e. The third-order valence-electron chi connectivity index (χ3n) is 6.75. The van der Waals surface area contributed by atoms with E-state index in [1.807, 2.05) is 12.1 Å². The van der Waals surface area contributed by atoms with Crippen molar-refractivity contribution in [3.63, 3.8) is 0 Å². The van der Waals surface area contributed by atoms with E-state index >= 15 is 0 Å². The standard InChI is InChI=1S/C29H24O9/c1-32-20-6-4-5-15(27(20)34-3)11-21-26(31)17-7-8-19-25(28(17)38-21)18(14-24(30)37-19)16-12-22(33-2)29-23(13-16)35-9-10-36-29/h4-8,11-13,18H,9-10,14H2,1-3H3/b21-11-/t18-/m1/s1. The first kappa shape index (κ1) is 23.7. The second-order valence-corrected chi connectivity index (χ2v) is 8.85. The van der Waals surface area contributed by atoms with Crippen LogP contribution < -0.4 is 33.2 Å². The Morgan fingerprint density at radius 1 is 0.842 bits per heavy atom. The minimum atomic E-state index is -0.468. The summed E-state index contributed by atoms with van der Waals surface area (Å²) in [6.07, 6.45) is 1.67. The Kier molecular flexibility index (Phi) is 5.83. The van der Waals surface area contributed by atoms with Crippen molar-refractivity contribution in [2.45, 2.75) is 12.3 Å². The second kappa shape index (κ2) is 9.33. The van der Waals surface area contributed by atoms with Gasteiger partial charge in [-0.15, -0.1) is 0 Å². The first-order valence-electron chi connectivity index (χ1n) is 12.0. The summed E-state index contributed by atoms with van der Waals surface area (Å²) in [5, 5.41) is 0. The number of carbonyl (C=O) groups excluding carboxylic acids is 2. The van der Waals surface area contributed by atoms with Crippen LogP contribution in [0.2, 0.25) is 0 Å². The Hall–Kier alpha value is -4.66. The Morgan fingerprint density at radius 3 is 2.45 bits per heavy atom. The number of para-hydroxylation sites is 1. The van der Waals surface area contributed by atoms with Crippen LogP contribution in [-0.4, -0.2) is 46.3 Å². The lowest BCUT2D eigenvalue weighted by Gasteiger charge is -2.28. The van der Waals surface area contributed by atoms with Gasteiger partial charge in [0.15, 0.2) is 28.8 Å². The maximum Gasteiger partial charge on any atom is 0.312 e. The Labute approximate surface area is 218 Å². The summed E-state index contributed by atoms with van der Waals surface area (Å²) in [4.78, 5) is 26.0. The highest BCUT2D eigenvalue weighted by Gasteiger charge is 2.39. The molecule has 3 heterocycles. The number of benzene rings is 3. The van der Waals surface area contributed by atoms with Crippen molar-refractivity contribution in [1.29, 1.82) is 0 Å². The van der Waals surface area contributed by atoms with Crippen LogP contribution in [0.25, 0.3) is 6.08 Å². The van der Waals surface area contributed by atoms with Crippen molar-refractivity contribution in [2.24, 2.45) is 0 Å². The molecule has 0 N–H and O–H groups in total. The minimum Gasteiger partial charge on any atom is -0.493 e. The third kappa shape index (κ3) is 3.78. The molecule has 0 fully saturated rings. The van der Waals surface area contributed by atoms with Gasteiger partial charge >= 0.3 is 5.97 Å². The van der Waals surface area contributed by atoms with Gasteiger partial charge in [0, 0.05) is 17.0 Å². The molecule has 0 aliphatic carbocycles. The zero-order valence-corrected chi connectivity index (χ0v) is 21.0. The summed E-state index contributed by atoms with van der Waals surface area (Å²) in [6.45, 7) is 0.815. The molecule has 9 nitrogen and oxygen atoms in total. The van der Waals surface area contributed by atoms with E-state index in [0.717, 1.165) is 5.56 Å². The van der Waals surface area contributed by atoms with E-state index in [4.69, 9.17) is 33.2 Å². The summed E-state index contributed by atoms with van der Waals surface area (Å²) in [7, 11) is 4.62. The van der Waals surface area contributed by atoms with Crippen molar-refractivity contribution in [2.75, 3.05) is 34.5 Å². The number of rotatable bonds is 5. The van der Waals surface area contributed by atoms with Crippen LogP contribution in [0.3, 0.4) is 0 Å². The molecule has 3 aromatic rings. The highest BCUT2D eigenvalue weighted by atomic mass is 16.6. The molecule has 0 aromatic heterocycles. The fraction of sp³-hybridized carbons (Fsp3) is 0.241. The molecule has 0 saturated heterocycles. The molecule has 0 bridgehead atoms. The van der Waals surface area contributed by atoms with E-state index in [9.17, 15) is 9.59 Å². The average molecular weight is 517 g/mol. The van der Waals surface area contributed by atoms with Crippen LogP contribution >= 0.6 is 0 Å². The van der Waals surface area contributed by atoms with Gasteiger partial charge in [-0.25, -0.2) is 0 Å². The van der Waals surface area contributed by atoms with Gasteiger partial charge in [0.25, 0.3) is 0 Å². The van der Waals surface area contributed by atoms with Crippen LogP contribution in [0.1, 0.15) is 39.4 Å². The van der Waals surface area contributed by atoms with Gasteiger partial charge < -0.3 is 33.2 Å². The summed E-state index contributed by atoms with van der Waals surface area (Å²) in [5.41, 5.74) is 2.36. The van der Waals surface area contributed by atoms with Crippen molar-refractivity contribution in [3.05, 3.63) is 70.5 Å². The first-order valence-corrected chi connectivity index (χ1v) is 12.0. The van der Waals surface area contributed by atoms with Gasteiger partial charge in [0.05, 0.1) is 33.3 Å². The molecule has 0 unspecified atom stereocenters. The number of ketones is 1. The monoisotopic (exact) mass is 516 g/mol. The van der Waals surface area contributed by atoms with E-state index in [-0.39, 0.29) is 18.0 Å². The predicted molar refractivity (Wildman–Crippen MR) is 135 cm³/mol. The molecule has 3 aliphatic heterocycles. The summed E-state index contributed by atoms with van der Waals surface area (Å²) in [5.74, 6) is 2.21. The molecule has 3 aliphatic rings. The van der Waals surface area contributed by atoms with Gasteiger partial charge in [-0.05, 0) is 42.0 Å². The number of hydrogen-bond donors (Lipinski definition) is 0. The number of ether oxygens (including phenoxy) is 7. The van der Waals surface area contributed by atoms with Crippen molar-refractivity contribution >= 4 is 17.8 Å². The second-order valence-electron chi connectivity index (χ2n) is 8.85. The topological polar surface area (TPSA) is 98.8 Å². The third-order valence-corrected chi connectivity index (χ3v) is 6.75. The number of Topliss-reactive ketones (excluding diaryl/α,β-unsaturated/α-hetero) is 1. The summed E-state index contributed by atoms with van der Waals surface area (Å²) < 4.78 is 39.7. The van der Waals surface area contributed by atoms with Crippen LogP contribution in [0.5, 0.6) is 40.2 Å². The van der Waals surface area contributed by atoms with Crippen LogP contribution in [0.15, 0.2) is 48.2 Å². The molecule has 6 rings (SSSR count). The molecule has 0 spiro atoms. The Bertz CT molecular complexity index is 1490. The number of hydrogen-bond acceptors (Lipinski definition) is 9. The van der Waals surface area contributed by atoms with Gasteiger partial charge in [0.2, 0.25) is 11.5 Å². The highest BCUT2D eigenvalue weighted by Crippen LogP contribution is 2.51.